The summed E-state index contributed by atoms with van der Waals surface area (Å²) in [4.78, 5) is 26.5. The number of rotatable bonds is 5. The van der Waals surface area contributed by atoms with Crippen LogP contribution in [0, 0.1) is 5.92 Å². The van der Waals surface area contributed by atoms with Crippen LogP contribution in [0.5, 0.6) is 0 Å². The van der Waals surface area contributed by atoms with Gasteiger partial charge in [-0.05, 0) is 30.4 Å². The monoisotopic (exact) mass is 445 g/mol. The molecule has 1 aromatic heterocycles. The molecule has 1 spiro atoms. The van der Waals surface area contributed by atoms with Crippen LogP contribution in [-0.2, 0) is 21.8 Å². The van der Waals surface area contributed by atoms with Crippen LogP contribution in [-0.4, -0.2) is 60.5 Å². The van der Waals surface area contributed by atoms with E-state index in [1.165, 1.54) is 12.7 Å². The number of benzene rings is 1. The average molecular weight is 445 g/mol. The fraction of sp³-hybridized carbons (Fsp3) is 0.522. The predicted molar refractivity (Wildman–Crippen MR) is 124 cm³/mol. The molecule has 3 heterocycles. The quantitative estimate of drug-likeness (QED) is 0.665. The lowest BCUT2D eigenvalue weighted by atomic mass is 9.53. The van der Waals surface area contributed by atoms with Crippen molar-refractivity contribution in [2.24, 2.45) is 10.9 Å². The van der Waals surface area contributed by atoms with Gasteiger partial charge in [0, 0.05) is 38.3 Å². The van der Waals surface area contributed by atoms with E-state index >= 15 is 0 Å². The highest BCUT2D eigenvalue weighted by Crippen LogP contribution is 2.42. The first-order chi connectivity index (χ1) is 15.9. The van der Waals surface area contributed by atoms with Gasteiger partial charge in [0.25, 0.3) is 0 Å². The highest BCUT2D eigenvalue weighted by Gasteiger charge is 2.48. The molecule has 0 saturated carbocycles. The number of carbonyl (C=O) groups excluding carboxylic acids is 1. The van der Waals surface area contributed by atoms with E-state index in [-0.39, 0.29) is 18.4 Å². The summed E-state index contributed by atoms with van der Waals surface area (Å²) >= 11 is 0. The van der Waals surface area contributed by atoms with Crippen LogP contribution in [0.4, 0.5) is 0 Å². The first kappa shape index (κ1) is 22.2. The summed E-state index contributed by atoms with van der Waals surface area (Å²) in [5, 5.41) is 14.4. The fourth-order valence-electron chi connectivity index (χ4n) is 5.27. The number of amidine groups is 1. The Bertz CT molecular complexity index is 1070. The summed E-state index contributed by atoms with van der Waals surface area (Å²) in [7, 11) is 6.89. The number of aryl methyl sites for hydroxylation is 1. The van der Waals surface area contributed by atoms with E-state index in [9.17, 15) is 9.90 Å². The molecule has 8 nitrogen and oxygen atoms in total. The number of fused-ring (bicyclic) bond motifs is 2. The van der Waals surface area contributed by atoms with Crippen LogP contribution in [0.15, 0.2) is 39.8 Å². The lowest BCUT2D eigenvalue weighted by Gasteiger charge is -2.30. The Balaban J connectivity index is 1.45. The van der Waals surface area contributed by atoms with Gasteiger partial charge in [-0.15, -0.1) is 0 Å². The minimum absolute atomic E-state index is 0.0410. The topological polar surface area (TPSA) is 100 Å². The summed E-state index contributed by atoms with van der Waals surface area (Å²) in [5.74, 6) is 0.308. The number of nitrogens with one attached hydrogen (secondary N) is 1. The third kappa shape index (κ3) is 3.89. The molecule has 10 heteroatoms. The molecule has 4 atom stereocenters. The summed E-state index contributed by atoms with van der Waals surface area (Å²) in [6, 6.07) is 9.47. The number of amides is 1. The minimum atomic E-state index is -0.791. The molecule has 1 aromatic carbocycles. The molecule has 3 unspecified atom stereocenters. The van der Waals surface area contributed by atoms with E-state index in [1.807, 2.05) is 26.0 Å². The van der Waals surface area contributed by atoms with Crippen molar-refractivity contribution in [3.05, 3.63) is 47.2 Å². The molecule has 169 valence electrons. The molecule has 1 saturated heterocycles. The van der Waals surface area contributed by atoms with Crippen molar-refractivity contribution in [2.75, 3.05) is 6.54 Å². The molecule has 1 amide bonds. The fourth-order valence-corrected chi connectivity index (χ4v) is 5.27. The number of hydroxylamine groups is 1. The van der Waals surface area contributed by atoms with Crippen LogP contribution < -0.4 is 11.1 Å². The lowest BCUT2D eigenvalue weighted by Crippen LogP contribution is -2.46. The molecule has 2 aliphatic heterocycles. The summed E-state index contributed by atoms with van der Waals surface area (Å²) < 4.78 is 5.43. The summed E-state index contributed by atoms with van der Waals surface area (Å²) in [6.45, 7) is 4.14. The van der Waals surface area contributed by atoms with Gasteiger partial charge in [0.05, 0.1) is 12.1 Å². The number of β-amino-alcohol motifs (C(OH)–C–C–N with tert-alkyl or cyclic N) is 1. The lowest BCUT2D eigenvalue weighted by molar-refractivity contribution is -0.134. The van der Waals surface area contributed by atoms with Crippen LogP contribution >= 0.6 is 0 Å². The average Bonchev–Trinajstić information content (AvgIpc) is 3.53. The largest absolute Gasteiger partial charge is 0.391 e. The SMILES string of the molecule is [B][B]c1cc(C(C(=O)N2C[C@H](O)CC2C2=NC3(CCCc4ccccc43)ON2)C(C)C)on1. The number of hydrogen-bond donors (Lipinski definition) is 2. The first-order valence-electron chi connectivity index (χ1n) is 11.5. The molecular weight excluding hydrogens is 418 g/mol. The molecular formula is C23H27B2N4O4. The Labute approximate surface area is 195 Å². The van der Waals surface area contributed by atoms with Gasteiger partial charge in [-0.1, -0.05) is 43.3 Å². The molecule has 5 rings (SSSR count). The number of nitrogens with zero attached hydrogens (tertiary/aromatic N) is 3. The Kier molecular flexibility index (Phi) is 5.82. The Morgan fingerprint density at radius 1 is 1.39 bits per heavy atom. The Hall–Kier alpha value is -2.58. The maximum atomic E-state index is 13.7. The summed E-state index contributed by atoms with van der Waals surface area (Å²) in [5.41, 5.74) is 4.99. The van der Waals surface area contributed by atoms with E-state index < -0.39 is 23.8 Å². The number of aliphatic hydroxyl groups excluding tert-OH is 1. The number of carbonyl (C=O) groups is 1. The minimum Gasteiger partial charge on any atom is -0.391 e. The van der Waals surface area contributed by atoms with Gasteiger partial charge in [-0.25, -0.2) is 15.3 Å². The molecule has 1 fully saturated rings. The third-order valence-corrected chi connectivity index (χ3v) is 6.86. The smallest absolute Gasteiger partial charge is 0.234 e. The zero-order chi connectivity index (χ0) is 23.2. The van der Waals surface area contributed by atoms with E-state index in [0.29, 0.717) is 23.6 Å². The van der Waals surface area contributed by atoms with Gasteiger partial charge in [0.15, 0.2) is 0 Å². The van der Waals surface area contributed by atoms with E-state index in [2.05, 4.69) is 22.8 Å². The molecule has 2 N–H and O–H groups in total. The predicted octanol–water partition coefficient (Wildman–Crippen LogP) is 0.912. The summed E-state index contributed by atoms with van der Waals surface area (Å²) in [6.07, 6.45) is 2.46. The normalized spacial score (nSPS) is 27.4. The van der Waals surface area contributed by atoms with Crippen molar-refractivity contribution in [1.29, 1.82) is 0 Å². The van der Waals surface area contributed by atoms with E-state index in [4.69, 9.17) is 22.1 Å². The van der Waals surface area contributed by atoms with Gasteiger partial charge >= 0.3 is 0 Å². The number of aromatic nitrogens is 1. The van der Waals surface area contributed by atoms with Crippen molar-refractivity contribution >= 4 is 32.2 Å². The van der Waals surface area contributed by atoms with E-state index in [1.54, 1.807) is 11.0 Å². The van der Waals surface area contributed by atoms with Crippen molar-refractivity contribution < 1.29 is 19.3 Å². The maximum Gasteiger partial charge on any atom is 0.234 e. The van der Waals surface area contributed by atoms with Gasteiger partial charge in [-0.3, -0.25) is 4.79 Å². The number of hydrogen-bond acceptors (Lipinski definition) is 7. The number of aliphatic hydroxyl groups is 1. The van der Waals surface area contributed by atoms with Gasteiger partial charge in [-0.2, -0.15) is 0 Å². The molecule has 2 aromatic rings. The molecule has 0 bridgehead atoms. The standard InChI is InChI=1S/C23H27B2N4O4/c1-13(2)20(18-11-19(25-24)27-32-18)22(31)29-12-15(30)10-17(29)21-26-23(33-28-21)9-5-7-14-6-3-4-8-16(14)23/h3-4,6,8,11,13,15,17,20,30H,5,7,9-10,12H2,1-2H3,(H,26,28)/t15-,17?,20?,23?/m1/s1. The molecule has 33 heavy (non-hydrogen) atoms. The van der Waals surface area contributed by atoms with Gasteiger partial charge < -0.3 is 14.5 Å². The van der Waals surface area contributed by atoms with Gasteiger partial charge in [0.2, 0.25) is 11.6 Å². The second-order valence-electron chi connectivity index (χ2n) is 9.43. The van der Waals surface area contributed by atoms with Crippen molar-refractivity contribution in [3.8, 4) is 0 Å². The first-order valence-corrected chi connectivity index (χ1v) is 11.5. The number of aliphatic imine (C=N–C) groups is 1. The highest BCUT2D eigenvalue weighted by atomic mass is 16.7. The highest BCUT2D eigenvalue weighted by molar-refractivity contribution is 6.97. The van der Waals surface area contributed by atoms with E-state index in [0.717, 1.165) is 24.8 Å². The van der Waals surface area contributed by atoms with Crippen LogP contribution in [0.2, 0.25) is 0 Å². The van der Waals surface area contributed by atoms with Crippen LogP contribution in [0.3, 0.4) is 0 Å². The maximum absolute atomic E-state index is 13.7. The zero-order valence-electron chi connectivity index (χ0n) is 18.9. The molecule has 3 radical (unpaired) electrons. The van der Waals surface area contributed by atoms with Crippen molar-refractivity contribution in [3.63, 3.8) is 0 Å². The van der Waals surface area contributed by atoms with Crippen molar-refractivity contribution in [1.82, 2.24) is 15.5 Å². The van der Waals surface area contributed by atoms with Gasteiger partial charge in [0.1, 0.15) is 24.7 Å². The van der Waals surface area contributed by atoms with Crippen molar-refractivity contribution in [2.45, 2.75) is 63.3 Å². The Morgan fingerprint density at radius 3 is 2.97 bits per heavy atom. The second-order valence-corrected chi connectivity index (χ2v) is 9.43. The molecule has 1 aliphatic carbocycles. The second kappa shape index (κ2) is 8.65. The van der Waals surface area contributed by atoms with Crippen LogP contribution in [0.1, 0.15) is 55.9 Å². The number of likely N-dealkylation sites (tertiary alicyclic amines) is 1. The third-order valence-electron chi connectivity index (χ3n) is 6.86. The zero-order valence-corrected chi connectivity index (χ0v) is 18.9. The molecule has 3 aliphatic rings. The van der Waals surface area contributed by atoms with Crippen LogP contribution in [0.25, 0.3) is 0 Å². The Morgan fingerprint density at radius 2 is 2.21 bits per heavy atom.